The van der Waals surface area contributed by atoms with Crippen molar-refractivity contribution >= 4 is 41.7 Å². The Morgan fingerprint density at radius 1 is 1.22 bits per heavy atom. The molecule has 27 heavy (non-hydrogen) atoms. The molecule has 5 nitrogen and oxygen atoms in total. The second-order valence-corrected chi connectivity index (χ2v) is 7.96. The van der Waals surface area contributed by atoms with Gasteiger partial charge in [0.1, 0.15) is 5.75 Å². The van der Waals surface area contributed by atoms with Crippen molar-refractivity contribution < 1.29 is 4.74 Å². The van der Waals surface area contributed by atoms with Gasteiger partial charge in [-0.05, 0) is 56.8 Å². The van der Waals surface area contributed by atoms with Gasteiger partial charge in [-0.1, -0.05) is 19.1 Å². The number of rotatable bonds is 9. The highest BCUT2D eigenvalue weighted by molar-refractivity contribution is 14.0. The largest absolute Gasteiger partial charge is 0.497 e. The first-order valence-electron chi connectivity index (χ1n) is 9.60. The van der Waals surface area contributed by atoms with Crippen LogP contribution in [0.3, 0.4) is 0 Å². The molecule has 1 heterocycles. The molecule has 2 unspecified atom stereocenters. The van der Waals surface area contributed by atoms with E-state index in [4.69, 9.17) is 9.73 Å². The molecule has 0 aromatic heterocycles. The summed E-state index contributed by atoms with van der Waals surface area (Å²) in [5.74, 6) is 1.81. The topological polar surface area (TPSA) is 48.9 Å². The van der Waals surface area contributed by atoms with Crippen LogP contribution >= 0.6 is 35.7 Å². The number of guanidine groups is 1. The number of benzene rings is 1. The summed E-state index contributed by atoms with van der Waals surface area (Å²) in [4.78, 5) is 7.31. The third-order valence-electron chi connectivity index (χ3n) is 4.80. The third kappa shape index (κ3) is 8.07. The van der Waals surface area contributed by atoms with E-state index < -0.39 is 0 Å². The first kappa shape index (κ1) is 24.4. The van der Waals surface area contributed by atoms with Gasteiger partial charge in [-0.25, -0.2) is 0 Å². The quantitative estimate of drug-likeness (QED) is 0.304. The van der Waals surface area contributed by atoms with Crippen molar-refractivity contribution in [2.45, 2.75) is 38.0 Å². The summed E-state index contributed by atoms with van der Waals surface area (Å²) in [7, 11) is 1.71. The fraction of sp³-hybridized carbons (Fsp3) is 0.650. The molecule has 7 heteroatoms. The maximum absolute atomic E-state index is 5.31. The summed E-state index contributed by atoms with van der Waals surface area (Å²) in [6, 6.07) is 8.83. The van der Waals surface area contributed by atoms with E-state index in [0.717, 1.165) is 44.4 Å². The number of ether oxygens (including phenoxy) is 1. The molecule has 0 amide bonds. The number of hydrogen-bond donors (Lipinski definition) is 2. The molecule has 1 saturated heterocycles. The van der Waals surface area contributed by atoms with E-state index in [9.17, 15) is 0 Å². The van der Waals surface area contributed by atoms with Gasteiger partial charge < -0.3 is 15.4 Å². The summed E-state index contributed by atoms with van der Waals surface area (Å²) < 4.78 is 5.31. The lowest BCUT2D eigenvalue weighted by atomic mass is 10.1. The van der Waals surface area contributed by atoms with Crippen LogP contribution in [0.2, 0.25) is 0 Å². The van der Waals surface area contributed by atoms with Gasteiger partial charge in [0, 0.05) is 18.3 Å². The van der Waals surface area contributed by atoms with E-state index in [1.165, 1.54) is 18.4 Å². The summed E-state index contributed by atoms with van der Waals surface area (Å²) >= 11 is 1.85. The van der Waals surface area contributed by atoms with E-state index >= 15 is 0 Å². The first-order chi connectivity index (χ1) is 12.7. The maximum Gasteiger partial charge on any atom is 0.191 e. The standard InChI is InChI=1S/C20H34N4OS.HI/c1-5-21-20(22-14-16(2)26-4)23-15-19(24-12-6-7-13-24)17-8-10-18(25-3)11-9-17;/h8-11,16,19H,5-7,12-15H2,1-4H3,(H2,21,22,23);1H. The molecular formula is C20H35IN4OS. The van der Waals surface area contributed by atoms with Crippen molar-refractivity contribution in [1.82, 2.24) is 15.5 Å². The first-order valence-corrected chi connectivity index (χ1v) is 10.9. The van der Waals surface area contributed by atoms with Crippen molar-refractivity contribution in [2.75, 3.05) is 46.1 Å². The Balaban J connectivity index is 0.00000364. The SMILES string of the molecule is CCNC(=NCC(C)SC)NCC(c1ccc(OC)cc1)N1CCCC1.I. The third-order valence-corrected chi connectivity index (χ3v) is 5.75. The molecule has 2 atom stereocenters. The van der Waals surface area contributed by atoms with E-state index in [1.807, 2.05) is 11.8 Å². The zero-order valence-corrected chi connectivity index (χ0v) is 20.2. The molecular weight excluding hydrogens is 471 g/mol. The summed E-state index contributed by atoms with van der Waals surface area (Å²) in [6.07, 6.45) is 4.70. The molecule has 0 saturated carbocycles. The molecule has 0 aliphatic carbocycles. The van der Waals surface area contributed by atoms with E-state index in [2.05, 4.69) is 59.9 Å². The molecule has 0 spiro atoms. The van der Waals surface area contributed by atoms with Gasteiger partial charge in [0.2, 0.25) is 0 Å². The molecule has 1 aliphatic heterocycles. The Labute approximate surface area is 186 Å². The van der Waals surface area contributed by atoms with Crippen LogP contribution in [-0.2, 0) is 0 Å². The van der Waals surface area contributed by atoms with Gasteiger partial charge in [-0.2, -0.15) is 11.8 Å². The van der Waals surface area contributed by atoms with Crippen LogP contribution in [0.15, 0.2) is 29.3 Å². The molecule has 1 fully saturated rings. The number of hydrogen-bond acceptors (Lipinski definition) is 4. The van der Waals surface area contributed by atoms with Crippen LogP contribution < -0.4 is 15.4 Å². The summed E-state index contributed by atoms with van der Waals surface area (Å²) in [6.45, 7) is 9.19. The summed E-state index contributed by atoms with van der Waals surface area (Å²) in [5, 5.41) is 7.46. The molecule has 0 bridgehead atoms. The monoisotopic (exact) mass is 506 g/mol. The smallest absolute Gasteiger partial charge is 0.191 e. The molecule has 154 valence electrons. The Morgan fingerprint density at radius 2 is 1.89 bits per heavy atom. The molecule has 2 N–H and O–H groups in total. The number of aliphatic imine (C=N–C) groups is 1. The lowest BCUT2D eigenvalue weighted by molar-refractivity contribution is 0.245. The Bertz CT molecular complexity index is 549. The van der Waals surface area contributed by atoms with Crippen LogP contribution in [0, 0.1) is 0 Å². The van der Waals surface area contributed by atoms with Crippen LogP contribution in [0.25, 0.3) is 0 Å². The molecule has 0 radical (unpaired) electrons. The van der Waals surface area contributed by atoms with Crippen LogP contribution in [0.4, 0.5) is 0 Å². The minimum absolute atomic E-state index is 0. The minimum atomic E-state index is 0. The average Bonchev–Trinajstić information content (AvgIpc) is 3.20. The van der Waals surface area contributed by atoms with Gasteiger partial charge in [0.15, 0.2) is 5.96 Å². The molecule has 1 aliphatic rings. The molecule has 2 rings (SSSR count). The highest BCUT2D eigenvalue weighted by atomic mass is 127. The number of nitrogens with one attached hydrogen (secondary N) is 2. The number of thioether (sulfide) groups is 1. The minimum Gasteiger partial charge on any atom is -0.497 e. The Kier molecular flexibility index (Phi) is 12.2. The van der Waals surface area contributed by atoms with Gasteiger partial charge in [0.25, 0.3) is 0 Å². The van der Waals surface area contributed by atoms with Crippen molar-refractivity contribution in [1.29, 1.82) is 0 Å². The number of halogens is 1. The van der Waals surface area contributed by atoms with Gasteiger partial charge >= 0.3 is 0 Å². The molecule has 1 aromatic rings. The predicted octanol–water partition coefficient (Wildman–Crippen LogP) is 3.76. The summed E-state index contributed by atoms with van der Waals surface area (Å²) in [5.41, 5.74) is 1.33. The second-order valence-electron chi connectivity index (χ2n) is 6.68. The fourth-order valence-electron chi connectivity index (χ4n) is 3.17. The highest BCUT2D eigenvalue weighted by Crippen LogP contribution is 2.26. The van der Waals surface area contributed by atoms with E-state index in [-0.39, 0.29) is 24.0 Å². The lowest BCUT2D eigenvalue weighted by Gasteiger charge is -2.29. The lowest BCUT2D eigenvalue weighted by Crippen LogP contribution is -2.43. The Hall–Kier alpha value is -0.670. The van der Waals surface area contributed by atoms with Crippen molar-refractivity contribution in [3.63, 3.8) is 0 Å². The Morgan fingerprint density at radius 3 is 2.44 bits per heavy atom. The second kappa shape index (κ2) is 13.5. The zero-order chi connectivity index (χ0) is 18.8. The normalized spacial score (nSPS) is 17.1. The number of methoxy groups -OCH3 is 1. The van der Waals surface area contributed by atoms with Crippen molar-refractivity contribution in [2.24, 2.45) is 4.99 Å². The van der Waals surface area contributed by atoms with Gasteiger partial charge in [-0.3, -0.25) is 9.89 Å². The van der Waals surface area contributed by atoms with Crippen LogP contribution in [-0.4, -0.2) is 62.2 Å². The van der Waals surface area contributed by atoms with E-state index in [0.29, 0.717) is 11.3 Å². The van der Waals surface area contributed by atoms with Crippen molar-refractivity contribution in [3.05, 3.63) is 29.8 Å². The maximum atomic E-state index is 5.31. The highest BCUT2D eigenvalue weighted by Gasteiger charge is 2.23. The fourth-order valence-corrected chi connectivity index (χ4v) is 3.39. The average molecular weight is 506 g/mol. The molecule has 1 aromatic carbocycles. The van der Waals surface area contributed by atoms with Gasteiger partial charge in [-0.15, -0.1) is 24.0 Å². The van der Waals surface area contributed by atoms with E-state index in [1.54, 1.807) is 7.11 Å². The van der Waals surface area contributed by atoms with Gasteiger partial charge in [0.05, 0.1) is 19.7 Å². The van der Waals surface area contributed by atoms with Crippen LogP contribution in [0.1, 0.15) is 38.3 Å². The number of likely N-dealkylation sites (tertiary alicyclic amines) is 1. The van der Waals surface area contributed by atoms with Crippen LogP contribution in [0.5, 0.6) is 5.75 Å². The van der Waals surface area contributed by atoms with Crippen molar-refractivity contribution in [3.8, 4) is 5.75 Å². The zero-order valence-electron chi connectivity index (χ0n) is 17.0. The number of nitrogens with zero attached hydrogens (tertiary/aromatic N) is 2. The predicted molar refractivity (Wildman–Crippen MR) is 129 cm³/mol.